The van der Waals surface area contributed by atoms with Crippen molar-refractivity contribution >= 4 is 11.6 Å². The minimum absolute atomic E-state index is 0.114. The van der Waals surface area contributed by atoms with E-state index in [4.69, 9.17) is 22.1 Å². The third-order valence-electron chi connectivity index (χ3n) is 2.73. The van der Waals surface area contributed by atoms with Gasteiger partial charge in [0.25, 0.3) is 0 Å². The molecule has 0 aliphatic carbocycles. The molecule has 1 aromatic rings. The molecule has 0 spiro atoms. The van der Waals surface area contributed by atoms with E-state index < -0.39 is 0 Å². The minimum atomic E-state index is 0.114. The molecule has 1 atom stereocenters. The maximum absolute atomic E-state index is 6.21. The molecule has 0 fully saturated rings. The number of rotatable bonds is 6. The van der Waals surface area contributed by atoms with Gasteiger partial charge in [0.2, 0.25) is 0 Å². The lowest BCUT2D eigenvalue weighted by Crippen LogP contribution is -2.22. The molecule has 0 heterocycles. The molecule has 1 aromatic carbocycles. The average molecular weight is 266 g/mol. The zero-order chi connectivity index (χ0) is 13.4. The molecule has 0 saturated heterocycles. The molecule has 0 aliphatic rings. The van der Waals surface area contributed by atoms with Gasteiger partial charge in [-0.2, -0.15) is 0 Å². The number of halogens is 1. The molecule has 0 amide bonds. The van der Waals surface area contributed by atoms with Crippen molar-refractivity contribution in [3.63, 3.8) is 0 Å². The highest BCUT2D eigenvalue weighted by Gasteiger charge is 2.11. The monoisotopic (exact) mass is 265 g/mol. The van der Waals surface area contributed by atoms with E-state index >= 15 is 0 Å². The highest BCUT2D eigenvalue weighted by molar-refractivity contribution is 6.31. The molecule has 98 valence electrons. The van der Waals surface area contributed by atoms with Gasteiger partial charge in [0.1, 0.15) is 5.75 Å². The van der Waals surface area contributed by atoms with Crippen LogP contribution in [0.3, 0.4) is 0 Å². The fraction of sp³-hybridized carbons (Fsp3) is 0.467. The maximum Gasteiger partial charge on any atom is 0.124 e. The van der Waals surface area contributed by atoms with Gasteiger partial charge in [-0.25, -0.2) is 0 Å². The summed E-state index contributed by atoms with van der Waals surface area (Å²) >= 11 is 6.21. The Hall–Kier alpha value is -1.17. The molecule has 0 radical (unpaired) electrons. The van der Waals surface area contributed by atoms with Gasteiger partial charge in [-0.1, -0.05) is 24.6 Å². The van der Waals surface area contributed by atoms with Gasteiger partial charge < -0.3 is 10.5 Å². The average Bonchev–Trinajstić information content (AvgIpc) is 2.38. The quantitative estimate of drug-likeness (QED) is 0.632. The summed E-state index contributed by atoms with van der Waals surface area (Å²) in [5.74, 6) is 6.64. The van der Waals surface area contributed by atoms with Crippen molar-refractivity contribution in [2.75, 3.05) is 6.61 Å². The molecule has 1 rings (SSSR count). The Kier molecular flexibility index (Phi) is 6.64. The molecule has 0 aliphatic heterocycles. The molecule has 0 saturated carbocycles. The first-order chi connectivity index (χ1) is 8.69. The van der Waals surface area contributed by atoms with Gasteiger partial charge in [-0.3, -0.25) is 0 Å². The van der Waals surface area contributed by atoms with Gasteiger partial charge in [0.15, 0.2) is 0 Å². The number of ether oxygens (including phenoxy) is 1. The van der Waals surface area contributed by atoms with E-state index in [-0.39, 0.29) is 6.04 Å². The predicted octanol–water partition coefficient (Wildman–Crippen LogP) is 3.41. The van der Waals surface area contributed by atoms with Crippen LogP contribution in [0.2, 0.25) is 5.02 Å². The maximum atomic E-state index is 6.21. The summed E-state index contributed by atoms with van der Waals surface area (Å²) in [4.78, 5) is 0. The third-order valence-corrected chi connectivity index (χ3v) is 3.08. The lowest BCUT2D eigenvalue weighted by molar-refractivity contribution is 0.323. The number of benzene rings is 1. The van der Waals surface area contributed by atoms with Crippen molar-refractivity contribution in [1.29, 1.82) is 0 Å². The van der Waals surface area contributed by atoms with Crippen LogP contribution >= 0.6 is 11.6 Å². The number of hydrogen-bond acceptors (Lipinski definition) is 2. The van der Waals surface area contributed by atoms with E-state index in [0.29, 0.717) is 6.61 Å². The van der Waals surface area contributed by atoms with Crippen LogP contribution in [0.25, 0.3) is 0 Å². The van der Waals surface area contributed by atoms with Crippen LogP contribution in [0.1, 0.15) is 32.3 Å². The van der Waals surface area contributed by atoms with Crippen molar-refractivity contribution < 1.29 is 4.74 Å². The van der Waals surface area contributed by atoms with Crippen LogP contribution in [0.5, 0.6) is 5.75 Å². The van der Waals surface area contributed by atoms with E-state index in [1.807, 2.05) is 25.1 Å². The SMILES string of the molecule is CC#CCCOc1cccc(Cl)c1CC(N)CC. The lowest BCUT2D eigenvalue weighted by Gasteiger charge is -2.15. The second-order valence-electron chi connectivity index (χ2n) is 4.11. The van der Waals surface area contributed by atoms with E-state index in [1.54, 1.807) is 0 Å². The first kappa shape index (κ1) is 14.9. The Labute approximate surface area is 114 Å². The Morgan fingerprint density at radius 2 is 2.22 bits per heavy atom. The number of nitrogens with two attached hydrogens (primary N) is 1. The number of hydrogen-bond donors (Lipinski definition) is 1. The van der Waals surface area contributed by atoms with Crippen LogP contribution in [-0.2, 0) is 6.42 Å². The fourth-order valence-corrected chi connectivity index (χ4v) is 1.86. The largest absolute Gasteiger partial charge is 0.492 e. The molecule has 18 heavy (non-hydrogen) atoms. The second kappa shape index (κ2) is 8.02. The fourth-order valence-electron chi connectivity index (χ4n) is 1.62. The summed E-state index contributed by atoms with van der Waals surface area (Å²) in [7, 11) is 0. The smallest absolute Gasteiger partial charge is 0.124 e. The minimum Gasteiger partial charge on any atom is -0.492 e. The van der Waals surface area contributed by atoms with Crippen molar-refractivity contribution in [2.45, 2.75) is 39.2 Å². The van der Waals surface area contributed by atoms with Gasteiger partial charge in [-0.05, 0) is 31.9 Å². The van der Waals surface area contributed by atoms with Crippen molar-refractivity contribution in [3.05, 3.63) is 28.8 Å². The summed E-state index contributed by atoms with van der Waals surface area (Å²) in [5.41, 5.74) is 6.98. The van der Waals surface area contributed by atoms with Crippen LogP contribution in [0, 0.1) is 11.8 Å². The van der Waals surface area contributed by atoms with E-state index in [1.165, 1.54) is 0 Å². The molecule has 3 heteroatoms. The predicted molar refractivity (Wildman–Crippen MR) is 77.0 cm³/mol. The van der Waals surface area contributed by atoms with Crippen LogP contribution in [-0.4, -0.2) is 12.6 Å². The molecular formula is C15H20ClNO. The van der Waals surface area contributed by atoms with Crippen molar-refractivity contribution in [2.24, 2.45) is 5.73 Å². The molecule has 0 bridgehead atoms. The second-order valence-corrected chi connectivity index (χ2v) is 4.52. The van der Waals surface area contributed by atoms with E-state index in [9.17, 15) is 0 Å². The van der Waals surface area contributed by atoms with E-state index in [0.717, 1.165) is 35.6 Å². The Bertz CT molecular complexity index is 434. The molecule has 2 N–H and O–H groups in total. The zero-order valence-corrected chi connectivity index (χ0v) is 11.8. The van der Waals surface area contributed by atoms with Gasteiger partial charge in [0.05, 0.1) is 6.61 Å². The van der Waals surface area contributed by atoms with Gasteiger partial charge in [0, 0.05) is 23.0 Å². The third kappa shape index (κ3) is 4.60. The van der Waals surface area contributed by atoms with Crippen molar-refractivity contribution in [3.8, 4) is 17.6 Å². The first-order valence-corrected chi connectivity index (χ1v) is 6.62. The Balaban J connectivity index is 2.75. The summed E-state index contributed by atoms with van der Waals surface area (Å²) in [6.45, 7) is 4.47. The highest BCUT2D eigenvalue weighted by atomic mass is 35.5. The van der Waals surface area contributed by atoms with Crippen LogP contribution in [0.4, 0.5) is 0 Å². The van der Waals surface area contributed by atoms with E-state index in [2.05, 4.69) is 18.8 Å². The normalized spacial score (nSPS) is 11.6. The summed E-state index contributed by atoms with van der Waals surface area (Å²) < 4.78 is 5.72. The van der Waals surface area contributed by atoms with Crippen LogP contribution in [0.15, 0.2) is 18.2 Å². The van der Waals surface area contributed by atoms with Crippen LogP contribution < -0.4 is 10.5 Å². The zero-order valence-electron chi connectivity index (χ0n) is 11.0. The standard InChI is InChI=1S/C15H20ClNO/c1-3-5-6-10-18-15-9-7-8-14(16)13(15)11-12(17)4-2/h7-9,12H,4,6,10-11,17H2,1-2H3. The topological polar surface area (TPSA) is 35.2 Å². The summed E-state index contributed by atoms with van der Waals surface area (Å²) in [5, 5.41) is 0.720. The highest BCUT2D eigenvalue weighted by Crippen LogP contribution is 2.28. The summed E-state index contributed by atoms with van der Waals surface area (Å²) in [6.07, 6.45) is 2.39. The molecular weight excluding hydrogens is 246 g/mol. The first-order valence-electron chi connectivity index (χ1n) is 6.24. The Morgan fingerprint density at radius 3 is 2.89 bits per heavy atom. The molecule has 0 aromatic heterocycles. The molecule has 1 unspecified atom stereocenters. The van der Waals surface area contributed by atoms with Gasteiger partial charge in [-0.15, -0.1) is 11.8 Å². The lowest BCUT2D eigenvalue weighted by atomic mass is 10.0. The summed E-state index contributed by atoms with van der Waals surface area (Å²) in [6, 6.07) is 5.81. The van der Waals surface area contributed by atoms with Gasteiger partial charge >= 0.3 is 0 Å². The Morgan fingerprint density at radius 1 is 1.44 bits per heavy atom. The molecule has 2 nitrogen and oxygen atoms in total. The van der Waals surface area contributed by atoms with Crippen molar-refractivity contribution in [1.82, 2.24) is 0 Å².